The molecule has 0 unspecified atom stereocenters. The quantitative estimate of drug-likeness (QED) is 0.613. The molecule has 94 valence electrons. The predicted molar refractivity (Wildman–Crippen MR) is 77.5 cm³/mol. The van der Waals surface area contributed by atoms with E-state index in [4.69, 9.17) is 51.1 Å². The summed E-state index contributed by atoms with van der Waals surface area (Å²) in [6, 6.07) is 10.4. The number of para-hydroxylation sites is 1. The van der Waals surface area contributed by atoms with E-state index < -0.39 is 0 Å². The molecule has 0 saturated carbocycles. The number of benzene rings is 2. The Morgan fingerprint density at radius 1 is 0.944 bits per heavy atom. The highest BCUT2D eigenvalue weighted by atomic mass is 35.5. The van der Waals surface area contributed by atoms with Gasteiger partial charge in [-0.25, -0.2) is 0 Å². The molecule has 0 saturated heterocycles. The highest BCUT2D eigenvalue weighted by Crippen LogP contribution is 2.37. The molecule has 0 amide bonds. The second kappa shape index (κ2) is 6.03. The van der Waals surface area contributed by atoms with Crippen molar-refractivity contribution in [3.63, 3.8) is 0 Å². The molecule has 2 aromatic rings. The van der Waals surface area contributed by atoms with E-state index in [0.717, 1.165) is 5.56 Å². The molecule has 0 aliphatic rings. The Kier molecular flexibility index (Phi) is 4.63. The van der Waals surface area contributed by atoms with Crippen LogP contribution < -0.4 is 4.74 Å². The lowest BCUT2D eigenvalue weighted by Crippen LogP contribution is -1.91. The van der Waals surface area contributed by atoms with Crippen LogP contribution in [0.15, 0.2) is 36.4 Å². The van der Waals surface area contributed by atoms with E-state index in [0.29, 0.717) is 32.4 Å². The molecule has 0 spiro atoms. The molecule has 2 rings (SSSR count). The van der Waals surface area contributed by atoms with Gasteiger partial charge in [-0.1, -0.05) is 46.9 Å². The molecule has 1 nitrogen and oxygen atoms in total. The zero-order valence-corrected chi connectivity index (χ0v) is 12.1. The normalized spacial score (nSPS) is 10.4. The van der Waals surface area contributed by atoms with Crippen molar-refractivity contribution in [1.82, 2.24) is 0 Å². The Bertz CT molecular complexity index is 569. The first-order valence-electron chi connectivity index (χ1n) is 5.08. The van der Waals surface area contributed by atoms with E-state index in [1.165, 1.54) is 0 Å². The van der Waals surface area contributed by atoms with Gasteiger partial charge in [-0.15, -0.1) is 11.6 Å². The van der Waals surface area contributed by atoms with Gasteiger partial charge in [-0.3, -0.25) is 0 Å². The van der Waals surface area contributed by atoms with Gasteiger partial charge in [-0.05, 0) is 24.3 Å². The van der Waals surface area contributed by atoms with Crippen LogP contribution in [0.4, 0.5) is 0 Å². The number of ether oxygens (including phenoxy) is 1. The first kappa shape index (κ1) is 13.8. The van der Waals surface area contributed by atoms with Crippen LogP contribution in [0.25, 0.3) is 0 Å². The lowest BCUT2D eigenvalue weighted by Gasteiger charge is -2.12. The van der Waals surface area contributed by atoms with E-state index in [9.17, 15) is 0 Å². The average Bonchev–Trinajstić information content (AvgIpc) is 2.34. The molecular formula is C13H8Cl4O. The average molecular weight is 322 g/mol. The fraction of sp³-hybridized carbons (Fsp3) is 0.0769. The van der Waals surface area contributed by atoms with Crippen molar-refractivity contribution in [2.75, 3.05) is 0 Å². The lowest BCUT2D eigenvalue weighted by atomic mass is 10.2. The number of rotatable bonds is 3. The van der Waals surface area contributed by atoms with E-state index in [1.807, 2.05) is 12.1 Å². The summed E-state index contributed by atoms with van der Waals surface area (Å²) in [5.74, 6) is 1.31. The van der Waals surface area contributed by atoms with E-state index in [1.54, 1.807) is 24.3 Å². The lowest BCUT2D eigenvalue weighted by molar-refractivity contribution is 0.479. The molecule has 0 heterocycles. The SMILES string of the molecule is ClCc1cccc(Cl)c1Oc1ccc(Cl)cc1Cl. The second-order valence-corrected chi connectivity index (χ2v) is 5.06. The Morgan fingerprint density at radius 3 is 2.39 bits per heavy atom. The van der Waals surface area contributed by atoms with Crippen molar-refractivity contribution >= 4 is 46.4 Å². The van der Waals surface area contributed by atoms with Gasteiger partial charge in [-0.2, -0.15) is 0 Å². The van der Waals surface area contributed by atoms with Gasteiger partial charge in [0, 0.05) is 10.6 Å². The molecule has 0 aliphatic carbocycles. The summed E-state index contributed by atoms with van der Waals surface area (Å²) in [5, 5.41) is 1.45. The maximum Gasteiger partial charge on any atom is 0.150 e. The van der Waals surface area contributed by atoms with E-state index in [-0.39, 0.29) is 0 Å². The maximum atomic E-state index is 6.09. The van der Waals surface area contributed by atoms with Crippen LogP contribution in [-0.4, -0.2) is 0 Å². The van der Waals surface area contributed by atoms with Gasteiger partial charge in [0.2, 0.25) is 0 Å². The van der Waals surface area contributed by atoms with Crippen LogP contribution >= 0.6 is 46.4 Å². The molecule has 0 aliphatic heterocycles. The first-order valence-corrected chi connectivity index (χ1v) is 6.75. The van der Waals surface area contributed by atoms with Gasteiger partial charge in [0.15, 0.2) is 0 Å². The molecule has 0 radical (unpaired) electrons. The summed E-state index contributed by atoms with van der Waals surface area (Å²) >= 11 is 23.8. The van der Waals surface area contributed by atoms with Crippen LogP contribution in [0.5, 0.6) is 11.5 Å². The fourth-order valence-electron chi connectivity index (χ4n) is 1.44. The van der Waals surface area contributed by atoms with Crippen LogP contribution in [0.1, 0.15) is 5.56 Å². The zero-order chi connectivity index (χ0) is 13.1. The number of hydrogen-bond donors (Lipinski definition) is 0. The van der Waals surface area contributed by atoms with Crippen molar-refractivity contribution in [3.8, 4) is 11.5 Å². The van der Waals surface area contributed by atoms with Crippen molar-refractivity contribution in [3.05, 3.63) is 57.0 Å². The predicted octanol–water partition coefficient (Wildman–Crippen LogP) is 6.18. The van der Waals surface area contributed by atoms with Crippen molar-refractivity contribution in [2.24, 2.45) is 0 Å². The van der Waals surface area contributed by atoms with Crippen LogP contribution in [-0.2, 0) is 5.88 Å². The van der Waals surface area contributed by atoms with Gasteiger partial charge in [0.25, 0.3) is 0 Å². The minimum atomic E-state index is 0.307. The second-order valence-electron chi connectivity index (χ2n) is 3.54. The summed E-state index contributed by atoms with van der Waals surface area (Å²) in [5.41, 5.74) is 0.801. The Morgan fingerprint density at radius 2 is 1.72 bits per heavy atom. The molecule has 18 heavy (non-hydrogen) atoms. The smallest absolute Gasteiger partial charge is 0.150 e. The summed E-state index contributed by atoms with van der Waals surface area (Å²) in [6.45, 7) is 0. The monoisotopic (exact) mass is 320 g/mol. The standard InChI is InChI=1S/C13H8Cl4O/c14-7-8-2-1-3-10(16)13(8)18-12-5-4-9(15)6-11(12)17/h1-6H,7H2. The highest BCUT2D eigenvalue weighted by Gasteiger charge is 2.11. The molecule has 0 atom stereocenters. The van der Waals surface area contributed by atoms with Crippen molar-refractivity contribution in [2.45, 2.75) is 5.88 Å². The van der Waals surface area contributed by atoms with Gasteiger partial charge in [0.1, 0.15) is 11.5 Å². The zero-order valence-electron chi connectivity index (χ0n) is 9.09. The van der Waals surface area contributed by atoms with E-state index >= 15 is 0 Å². The third-order valence-corrected chi connectivity index (χ3v) is 3.41. The third kappa shape index (κ3) is 3.04. The largest absolute Gasteiger partial charge is 0.454 e. The van der Waals surface area contributed by atoms with Gasteiger partial charge < -0.3 is 4.74 Å². The molecule has 5 heteroatoms. The fourth-order valence-corrected chi connectivity index (χ4v) is 2.33. The minimum absolute atomic E-state index is 0.307. The number of alkyl halides is 1. The molecule has 0 aromatic heterocycles. The maximum absolute atomic E-state index is 6.09. The summed E-state index contributed by atoms with van der Waals surface area (Å²) in [6.07, 6.45) is 0. The van der Waals surface area contributed by atoms with Crippen LogP contribution in [0.2, 0.25) is 15.1 Å². The highest BCUT2D eigenvalue weighted by molar-refractivity contribution is 6.35. The number of hydrogen-bond acceptors (Lipinski definition) is 1. The van der Waals surface area contributed by atoms with E-state index in [2.05, 4.69) is 0 Å². The molecular weight excluding hydrogens is 314 g/mol. The molecule has 0 fully saturated rings. The third-order valence-electron chi connectivity index (χ3n) is 2.30. The summed E-state index contributed by atoms with van der Waals surface area (Å²) in [7, 11) is 0. The van der Waals surface area contributed by atoms with Gasteiger partial charge >= 0.3 is 0 Å². The van der Waals surface area contributed by atoms with Gasteiger partial charge in [0.05, 0.1) is 15.9 Å². The molecule has 0 N–H and O–H groups in total. The Balaban J connectivity index is 2.39. The Labute approximate surface area is 125 Å². The molecule has 2 aromatic carbocycles. The van der Waals surface area contributed by atoms with Crippen LogP contribution in [0.3, 0.4) is 0 Å². The Hall–Kier alpha value is -0.600. The summed E-state index contributed by atoms with van der Waals surface area (Å²) in [4.78, 5) is 0. The number of halogens is 4. The van der Waals surface area contributed by atoms with Crippen LogP contribution in [0, 0.1) is 0 Å². The first-order chi connectivity index (χ1) is 8.61. The molecule has 0 bridgehead atoms. The summed E-state index contributed by atoms with van der Waals surface area (Å²) < 4.78 is 5.71. The van der Waals surface area contributed by atoms with Crippen molar-refractivity contribution < 1.29 is 4.74 Å². The minimum Gasteiger partial charge on any atom is -0.454 e. The topological polar surface area (TPSA) is 9.23 Å². The van der Waals surface area contributed by atoms with Crippen molar-refractivity contribution in [1.29, 1.82) is 0 Å².